The first kappa shape index (κ1) is 16.4. The van der Waals surface area contributed by atoms with Gasteiger partial charge in [0.2, 0.25) is 10.0 Å². The maximum absolute atomic E-state index is 11.5. The monoisotopic (exact) mass is 265 g/mol. The highest BCUT2D eigenvalue weighted by Crippen LogP contribution is 2.11. The summed E-state index contributed by atoms with van der Waals surface area (Å²) >= 11 is 0. The van der Waals surface area contributed by atoms with Crippen LogP contribution in [0.3, 0.4) is 0 Å². The number of hydrogen-bond acceptors (Lipinski definition) is 3. The Morgan fingerprint density at radius 3 is 2.47 bits per heavy atom. The highest BCUT2D eigenvalue weighted by atomic mass is 32.2. The van der Waals surface area contributed by atoms with Gasteiger partial charge in [-0.2, -0.15) is 0 Å². The average Bonchev–Trinajstić information content (AvgIpc) is 2.27. The average molecular weight is 265 g/mol. The molecule has 17 heavy (non-hydrogen) atoms. The Hall–Kier alpha value is -0.620. The van der Waals surface area contributed by atoms with Crippen molar-refractivity contribution < 1.29 is 18.3 Å². The van der Waals surface area contributed by atoms with Crippen LogP contribution < -0.4 is 4.72 Å². The number of hydrogen-bond donors (Lipinski definition) is 2. The summed E-state index contributed by atoms with van der Waals surface area (Å²) in [6, 6.07) is 0. The lowest BCUT2D eigenvalue weighted by Crippen LogP contribution is -2.31. The van der Waals surface area contributed by atoms with Crippen molar-refractivity contribution in [3.63, 3.8) is 0 Å². The third-order valence-electron chi connectivity index (χ3n) is 2.72. The predicted molar refractivity (Wildman–Crippen MR) is 67.3 cm³/mol. The van der Waals surface area contributed by atoms with Crippen LogP contribution in [-0.2, 0) is 14.8 Å². The van der Waals surface area contributed by atoms with Crippen molar-refractivity contribution in [3.05, 3.63) is 0 Å². The number of sulfonamides is 1. The van der Waals surface area contributed by atoms with Crippen LogP contribution in [0, 0.1) is 5.92 Å². The summed E-state index contributed by atoms with van der Waals surface area (Å²) < 4.78 is 25.4. The zero-order valence-corrected chi connectivity index (χ0v) is 11.4. The van der Waals surface area contributed by atoms with Crippen molar-refractivity contribution in [1.29, 1.82) is 0 Å². The van der Waals surface area contributed by atoms with Gasteiger partial charge in [-0.25, -0.2) is 13.1 Å². The third-order valence-corrected chi connectivity index (χ3v) is 4.07. The van der Waals surface area contributed by atoms with Gasteiger partial charge in [0, 0.05) is 6.54 Å². The zero-order chi connectivity index (χ0) is 13.3. The minimum Gasteiger partial charge on any atom is -0.481 e. The first-order valence-corrected chi connectivity index (χ1v) is 7.75. The number of carboxylic acid groups (broad SMARTS) is 1. The molecule has 0 aliphatic heterocycles. The standard InChI is InChI=1S/C11H23NO4S/c1-3-5-6-10(4-2)9-12-17(15,16)8-7-11(13)14/h10,12H,3-9H2,1-2H3,(H,13,14). The fraction of sp³-hybridized carbons (Fsp3) is 0.909. The summed E-state index contributed by atoms with van der Waals surface area (Å²) in [5.74, 6) is -1.09. The summed E-state index contributed by atoms with van der Waals surface area (Å²) in [5.41, 5.74) is 0. The molecule has 2 N–H and O–H groups in total. The van der Waals surface area contributed by atoms with Crippen LogP contribution >= 0.6 is 0 Å². The van der Waals surface area contributed by atoms with Crippen LogP contribution in [0.5, 0.6) is 0 Å². The molecule has 0 saturated carbocycles. The van der Waals surface area contributed by atoms with Gasteiger partial charge in [0.15, 0.2) is 0 Å². The lowest BCUT2D eigenvalue weighted by atomic mass is 10.00. The van der Waals surface area contributed by atoms with E-state index in [-0.39, 0.29) is 12.2 Å². The van der Waals surface area contributed by atoms with E-state index < -0.39 is 16.0 Å². The highest BCUT2D eigenvalue weighted by molar-refractivity contribution is 7.89. The van der Waals surface area contributed by atoms with Crippen molar-refractivity contribution in [1.82, 2.24) is 4.72 Å². The van der Waals surface area contributed by atoms with E-state index in [2.05, 4.69) is 11.6 Å². The van der Waals surface area contributed by atoms with Crippen molar-refractivity contribution in [2.24, 2.45) is 5.92 Å². The van der Waals surface area contributed by atoms with Gasteiger partial charge in [-0.05, 0) is 12.3 Å². The summed E-state index contributed by atoms with van der Waals surface area (Å²) in [7, 11) is -3.44. The molecule has 0 spiro atoms. The fourth-order valence-corrected chi connectivity index (χ4v) is 2.56. The molecular weight excluding hydrogens is 242 g/mol. The Kier molecular flexibility index (Phi) is 8.16. The number of carbonyl (C=O) groups is 1. The van der Waals surface area contributed by atoms with Crippen molar-refractivity contribution in [3.8, 4) is 0 Å². The maximum atomic E-state index is 11.5. The van der Waals surface area contributed by atoms with Crippen LogP contribution in [0.25, 0.3) is 0 Å². The van der Waals surface area contributed by atoms with E-state index in [1.54, 1.807) is 0 Å². The Balaban J connectivity index is 4.01. The molecule has 0 saturated heterocycles. The van der Waals surface area contributed by atoms with E-state index in [1.165, 1.54) is 0 Å². The van der Waals surface area contributed by atoms with Gasteiger partial charge in [-0.3, -0.25) is 4.79 Å². The lowest BCUT2D eigenvalue weighted by Gasteiger charge is -2.15. The molecule has 0 radical (unpaired) electrons. The summed E-state index contributed by atoms with van der Waals surface area (Å²) in [5, 5.41) is 8.42. The third kappa shape index (κ3) is 9.12. The second-order valence-corrected chi connectivity index (χ2v) is 6.15. The minimum atomic E-state index is -3.44. The first-order valence-electron chi connectivity index (χ1n) is 6.10. The molecule has 0 rings (SSSR count). The van der Waals surface area contributed by atoms with Gasteiger partial charge in [-0.15, -0.1) is 0 Å². The number of nitrogens with one attached hydrogen (secondary N) is 1. The van der Waals surface area contributed by atoms with E-state index in [4.69, 9.17) is 5.11 Å². The van der Waals surface area contributed by atoms with E-state index in [9.17, 15) is 13.2 Å². The Bertz CT molecular complexity index is 313. The molecule has 0 aromatic carbocycles. The number of rotatable bonds is 10. The van der Waals surface area contributed by atoms with Crippen molar-refractivity contribution >= 4 is 16.0 Å². The summed E-state index contributed by atoms with van der Waals surface area (Å²) in [6.07, 6.45) is 3.79. The zero-order valence-electron chi connectivity index (χ0n) is 10.6. The normalized spacial score (nSPS) is 13.5. The fourth-order valence-electron chi connectivity index (χ4n) is 1.48. The van der Waals surface area contributed by atoms with Gasteiger partial charge in [0.25, 0.3) is 0 Å². The van der Waals surface area contributed by atoms with E-state index in [0.29, 0.717) is 12.5 Å². The van der Waals surface area contributed by atoms with Crippen LogP contribution in [0.1, 0.15) is 46.0 Å². The molecule has 1 unspecified atom stereocenters. The molecule has 0 amide bonds. The smallest absolute Gasteiger partial charge is 0.304 e. The minimum absolute atomic E-state index is 0.341. The van der Waals surface area contributed by atoms with Gasteiger partial charge in [0.1, 0.15) is 0 Å². The van der Waals surface area contributed by atoms with Crippen molar-refractivity contribution in [2.75, 3.05) is 12.3 Å². The molecule has 0 aliphatic rings. The molecule has 0 aromatic rings. The van der Waals surface area contributed by atoms with Gasteiger partial charge in [-0.1, -0.05) is 33.1 Å². The second kappa shape index (κ2) is 8.47. The molecule has 5 nitrogen and oxygen atoms in total. The Labute approximate surface area is 104 Å². The molecule has 1 atom stereocenters. The summed E-state index contributed by atoms with van der Waals surface area (Å²) in [4.78, 5) is 10.3. The molecule has 0 heterocycles. The van der Waals surface area contributed by atoms with Gasteiger partial charge >= 0.3 is 5.97 Å². The highest BCUT2D eigenvalue weighted by Gasteiger charge is 2.14. The summed E-state index contributed by atoms with van der Waals surface area (Å²) in [6.45, 7) is 4.55. The molecule has 102 valence electrons. The number of unbranched alkanes of at least 4 members (excludes halogenated alkanes) is 1. The molecule has 6 heteroatoms. The number of aliphatic carboxylic acids is 1. The molecular formula is C11H23NO4S. The maximum Gasteiger partial charge on any atom is 0.304 e. The molecule has 0 bridgehead atoms. The van der Waals surface area contributed by atoms with Gasteiger partial charge in [0.05, 0.1) is 12.2 Å². The van der Waals surface area contributed by atoms with Crippen LogP contribution in [-0.4, -0.2) is 31.8 Å². The molecule has 0 aliphatic carbocycles. The number of carboxylic acids is 1. The predicted octanol–water partition coefficient (Wildman–Crippen LogP) is 1.60. The quantitative estimate of drug-likeness (QED) is 0.628. The van der Waals surface area contributed by atoms with E-state index in [1.807, 2.05) is 6.92 Å². The SMILES string of the molecule is CCCCC(CC)CNS(=O)(=O)CCC(=O)O. The second-order valence-electron chi connectivity index (χ2n) is 4.23. The van der Waals surface area contributed by atoms with Gasteiger partial charge < -0.3 is 5.11 Å². The topological polar surface area (TPSA) is 83.5 Å². The van der Waals surface area contributed by atoms with Crippen LogP contribution in [0.15, 0.2) is 0 Å². The Morgan fingerprint density at radius 2 is 2.00 bits per heavy atom. The largest absolute Gasteiger partial charge is 0.481 e. The Morgan fingerprint density at radius 1 is 1.35 bits per heavy atom. The van der Waals surface area contributed by atoms with Crippen LogP contribution in [0.4, 0.5) is 0 Å². The lowest BCUT2D eigenvalue weighted by molar-refractivity contribution is -0.136. The van der Waals surface area contributed by atoms with E-state index >= 15 is 0 Å². The van der Waals surface area contributed by atoms with Crippen molar-refractivity contribution in [2.45, 2.75) is 46.0 Å². The first-order chi connectivity index (χ1) is 7.91. The molecule has 0 aromatic heterocycles. The molecule has 0 fully saturated rings. The van der Waals surface area contributed by atoms with Crippen LogP contribution in [0.2, 0.25) is 0 Å². The van der Waals surface area contributed by atoms with E-state index in [0.717, 1.165) is 25.7 Å².